The quantitative estimate of drug-likeness (QED) is 0.293. The summed E-state index contributed by atoms with van der Waals surface area (Å²) < 4.78 is 0. The Kier molecular flexibility index (Phi) is 6.26. The summed E-state index contributed by atoms with van der Waals surface area (Å²) >= 11 is 0. The van der Waals surface area contributed by atoms with Gasteiger partial charge in [0.25, 0.3) is 0 Å². The summed E-state index contributed by atoms with van der Waals surface area (Å²) in [4.78, 5) is 22.2. The summed E-state index contributed by atoms with van der Waals surface area (Å²) in [5, 5.41) is 6.46. The molecule has 0 atom stereocenters. The number of carbonyl (C=O) groups is 2. The van der Waals surface area contributed by atoms with Crippen LogP contribution in [-0.2, 0) is 0 Å². The van der Waals surface area contributed by atoms with Gasteiger partial charge in [-0.05, 0) is 49.2 Å². The highest BCUT2D eigenvalue weighted by Gasteiger charge is 2.05. The Labute approximate surface area is 151 Å². The molecule has 8 nitrogen and oxygen atoms in total. The van der Waals surface area contributed by atoms with Crippen molar-refractivity contribution in [2.45, 2.75) is 12.8 Å². The van der Waals surface area contributed by atoms with Gasteiger partial charge in [-0.2, -0.15) is 0 Å². The zero-order valence-electron chi connectivity index (χ0n) is 14.4. The molecule has 138 valence electrons. The van der Waals surface area contributed by atoms with Crippen LogP contribution in [0.15, 0.2) is 36.4 Å². The van der Waals surface area contributed by atoms with Crippen LogP contribution in [0.3, 0.4) is 0 Å². The molecular weight excluding hydrogens is 332 g/mol. The molecule has 2 rings (SSSR count). The fraction of sp³-hybridized carbons (Fsp3) is 0.222. The molecule has 2 aromatic carbocycles. The molecule has 0 aliphatic rings. The monoisotopic (exact) mass is 356 g/mol. The Morgan fingerprint density at radius 1 is 0.731 bits per heavy atom. The Bertz CT molecular complexity index is 739. The Morgan fingerprint density at radius 3 is 1.42 bits per heavy atom. The summed E-state index contributed by atoms with van der Waals surface area (Å²) in [7, 11) is 0. The third-order valence-electron chi connectivity index (χ3n) is 3.91. The first kappa shape index (κ1) is 18.9. The van der Waals surface area contributed by atoms with Crippen LogP contribution >= 0.6 is 0 Å². The molecule has 0 saturated heterocycles. The largest absolute Gasteiger partial charge is 0.397 e. The molecule has 0 aliphatic carbocycles. The minimum absolute atomic E-state index is 0.386. The molecule has 0 heterocycles. The maximum atomic E-state index is 11.1. The van der Waals surface area contributed by atoms with Crippen LogP contribution in [0, 0.1) is 0 Å². The van der Waals surface area contributed by atoms with E-state index in [-0.39, 0.29) is 0 Å². The van der Waals surface area contributed by atoms with E-state index in [4.69, 9.17) is 22.9 Å². The highest BCUT2D eigenvalue weighted by atomic mass is 16.1. The number of nitrogens with one attached hydrogen (secondary N) is 2. The van der Waals surface area contributed by atoms with E-state index in [2.05, 4.69) is 10.6 Å². The van der Waals surface area contributed by atoms with Gasteiger partial charge in [0.1, 0.15) is 0 Å². The molecule has 0 unspecified atom stereocenters. The summed E-state index contributed by atoms with van der Waals surface area (Å²) in [6, 6.07) is 9.89. The summed E-state index contributed by atoms with van der Waals surface area (Å²) in [5.74, 6) is -1.00. The van der Waals surface area contributed by atoms with E-state index in [0.717, 1.165) is 37.3 Å². The number of rotatable bonds is 9. The molecular formula is C18H24N6O2. The van der Waals surface area contributed by atoms with Gasteiger partial charge in [-0.3, -0.25) is 9.59 Å². The van der Waals surface area contributed by atoms with Crippen LogP contribution in [0.1, 0.15) is 33.6 Å². The molecule has 10 N–H and O–H groups in total. The maximum absolute atomic E-state index is 11.1. The van der Waals surface area contributed by atoms with Gasteiger partial charge in [-0.25, -0.2) is 0 Å². The Hall–Kier alpha value is -3.42. The van der Waals surface area contributed by atoms with Crippen molar-refractivity contribution in [3.8, 4) is 0 Å². The predicted octanol–water partition coefficient (Wildman–Crippen LogP) is 1.35. The summed E-state index contributed by atoms with van der Waals surface area (Å²) in [5.41, 5.74) is 25.5. The van der Waals surface area contributed by atoms with Crippen molar-refractivity contribution >= 4 is 34.6 Å². The molecule has 0 aromatic heterocycles. The van der Waals surface area contributed by atoms with Crippen LogP contribution in [0.2, 0.25) is 0 Å². The fourth-order valence-electron chi connectivity index (χ4n) is 2.45. The number of unbranched alkanes of at least 4 members (excludes halogenated alkanes) is 1. The SMILES string of the molecule is NC(=O)c1ccc(NCCCCNc2ccc(C(N)=O)cc2N)c(N)c1. The number of nitrogen functional groups attached to an aromatic ring is 2. The lowest BCUT2D eigenvalue weighted by Crippen LogP contribution is -2.13. The molecule has 0 fully saturated rings. The van der Waals surface area contributed by atoms with E-state index in [9.17, 15) is 9.59 Å². The number of amides is 2. The Balaban J connectivity index is 1.73. The summed E-state index contributed by atoms with van der Waals surface area (Å²) in [6.45, 7) is 1.47. The van der Waals surface area contributed by atoms with Crippen molar-refractivity contribution in [3.63, 3.8) is 0 Å². The van der Waals surface area contributed by atoms with Gasteiger partial charge in [0.15, 0.2) is 0 Å². The zero-order valence-corrected chi connectivity index (χ0v) is 14.4. The second kappa shape index (κ2) is 8.61. The molecule has 0 radical (unpaired) electrons. The zero-order chi connectivity index (χ0) is 19.1. The average Bonchev–Trinajstić information content (AvgIpc) is 2.59. The highest BCUT2D eigenvalue weighted by molar-refractivity contribution is 5.95. The number of benzene rings is 2. The van der Waals surface area contributed by atoms with Gasteiger partial charge in [0.05, 0.1) is 22.7 Å². The third-order valence-corrected chi connectivity index (χ3v) is 3.91. The van der Waals surface area contributed by atoms with E-state index in [1.54, 1.807) is 36.4 Å². The highest BCUT2D eigenvalue weighted by Crippen LogP contribution is 2.21. The van der Waals surface area contributed by atoms with Gasteiger partial charge >= 0.3 is 0 Å². The number of anilines is 4. The van der Waals surface area contributed by atoms with E-state index in [1.807, 2.05) is 0 Å². The fourth-order valence-corrected chi connectivity index (χ4v) is 2.45. The van der Waals surface area contributed by atoms with Crippen molar-refractivity contribution in [2.24, 2.45) is 11.5 Å². The lowest BCUT2D eigenvalue weighted by atomic mass is 10.1. The molecule has 0 saturated carbocycles. The lowest BCUT2D eigenvalue weighted by molar-refractivity contribution is 0.0992. The molecule has 2 amide bonds. The van der Waals surface area contributed by atoms with Crippen molar-refractivity contribution in [1.82, 2.24) is 0 Å². The van der Waals surface area contributed by atoms with Crippen molar-refractivity contribution < 1.29 is 9.59 Å². The van der Waals surface area contributed by atoms with Crippen LogP contribution in [0.25, 0.3) is 0 Å². The molecule has 0 aliphatic heterocycles. The molecule has 0 bridgehead atoms. The van der Waals surface area contributed by atoms with Gasteiger partial charge in [-0.15, -0.1) is 0 Å². The minimum Gasteiger partial charge on any atom is -0.397 e. The number of nitrogens with two attached hydrogens (primary N) is 4. The number of carbonyl (C=O) groups excluding carboxylic acids is 2. The van der Waals surface area contributed by atoms with Crippen molar-refractivity contribution in [3.05, 3.63) is 47.5 Å². The van der Waals surface area contributed by atoms with Gasteiger partial charge in [0.2, 0.25) is 11.8 Å². The van der Waals surface area contributed by atoms with E-state index < -0.39 is 11.8 Å². The second-order valence-electron chi connectivity index (χ2n) is 5.89. The van der Waals surface area contributed by atoms with Crippen LogP contribution < -0.4 is 33.6 Å². The molecule has 26 heavy (non-hydrogen) atoms. The molecule has 2 aromatic rings. The number of hydrogen-bond acceptors (Lipinski definition) is 6. The number of hydrogen-bond donors (Lipinski definition) is 6. The third kappa shape index (κ3) is 5.04. The standard InChI is InChI=1S/C18H24N6O2/c19-13-9-11(17(21)25)3-5-15(13)23-7-1-2-8-24-16-6-4-12(18(22)26)10-14(16)20/h3-6,9-10,23-24H,1-2,7-8,19-20H2,(H2,21,25)(H2,22,26). The van der Waals surface area contributed by atoms with Crippen molar-refractivity contribution in [2.75, 3.05) is 35.2 Å². The van der Waals surface area contributed by atoms with E-state index in [0.29, 0.717) is 22.5 Å². The first-order valence-electron chi connectivity index (χ1n) is 8.25. The van der Waals surface area contributed by atoms with Crippen molar-refractivity contribution in [1.29, 1.82) is 0 Å². The van der Waals surface area contributed by atoms with Crippen LogP contribution in [-0.4, -0.2) is 24.9 Å². The first-order chi connectivity index (χ1) is 12.4. The molecule has 8 heteroatoms. The van der Waals surface area contributed by atoms with E-state index in [1.165, 1.54) is 0 Å². The van der Waals surface area contributed by atoms with Gasteiger partial charge < -0.3 is 33.6 Å². The first-order valence-corrected chi connectivity index (χ1v) is 8.25. The Morgan fingerprint density at radius 2 is 1.12 bits per heavy atom. The second-order valence-corrected chi connectivity index (χ2v) is 5.89. The lowest BCUT2D eigenvalue weighted by Gasteiger charge is -2.12. The van der Waals surface area contributed by atoms with Gasteiger partial charge in [-0.1, -0.05) is 0 Å². The maximum Gasteiger partial charge on any atom is 0.248 e. The molecule has 0 spiro atoms. The van der Waals surface area contributed by atoms with E-state index >= 15 is 0 Å². The predicted molar refractivity (Wildman–Crippen MR) is 105 cm³/mol. The smallest absolute Gasteiger partial charge is 0.248 e. The normalized spacial score (nSPS) is 10.3. The van der Waals surface area contributed by atoms with Crippen LogP contribution in [0.4, 0.5) is 22.7 Å². The average molecular weight is 356 g/mol. The van der Waals surface area contributed by atoms with Crippen LogP contribution in [0.5, 0.6) is 0 Å². The summed E-state index contributed by atoms with van der Waals surface area (Å²) in [6.07, 6.45) is 1.81. The number of primary amides is 2. The van der Waals surface area contributed by atoms with Gasteiger partial charge in [0, 0.05) is 24.2 Å². The topological polar surface area (TPSA) is 162 Å². The minimum atomic E-state index is -0.502.